The maximum Gasteiger partial charge on any atom is 0.261 e. The van der Waals surface area contributed by atoms with Crippen molar-refractivity contribution in [3.8, 4) is 17.4 Å². The molecule has 4 aromatic rings. The number of benzene rings is 2. The summed E-state index contributed by atoms with van der Waals surface area (Å²) in [5, 5.41) is 0. The number of nitrogens with one attached hydrogen (secondary N) is 1. The average Bonchev–Trinajstić information content (AvgIpc) is 3.16. The minimum absolute atomic E-state index is 0.201. The van der Waals surface area contributed by atoms with Gasteiger partial charge >= 0.3 is 0 Å². The topological polar surface area (TPSA) is 99.0 Å². The van der Waals surface area contributed by atoms with Crippen molar-refractivity contribution < 1.29 is 13.2 Å². The zero-order valence-electron chi connectivity index (χ0n) is 15.7. The third-order valence-electron chi connectivity index (χ3n) is 4.15. The Hall–Kier alpha value is -2.99. The number of hydrogen-bond acceptors (Lipinski definition) is 6. The summed E-state index contributed by atoms with van der Waals surface area (Å²) in [5.74, 6) is 2.31. The Morgan fingerprint density at radius 3 is 2.40 bits per heavy atom. The van der Waals surface area contributed by atoms with Crippen molar-refractivity contribution in [2.24, 2.45) is 0 Å². The molecule has 0 amide bonds. The molecule has 0 unspecified atom stereocenters. The Bertz CT molecular complexity index is 1270. The van der Waals surface area contributed by atoms with Gasteiger partial charge in [0, 0.05) is 27.7 Å². The molecule has 0 radical (unpaired) electrons. The van der Waals surface area contributed by atoms with Gasteiger partial charge < -0.3 is 4.74 Å². The fraction of sp³-hybridized carbons (Fsp3) is 0.0500. The van der Waals surface area contributed by atoms with E-state index in [1.807, 2.05) is 11.5 Å². The van der Waals surface area contributed by atoms with Gasteiger partial charge in [0.15, 0.2) is 0 Å². The predicted molar refractivity (Wildman–Crippen MR) is 120 cm³/mol. The van der Waals surface area contributed by atoms with Gasteiger partial charge in [0.25, 0.3) is 10.0 Å². The van der Waals surface area contributed by atoms with Gasteiger partial charge in [-0.2, -0.15) is 0 Å². The maximum atomic E-state index is 12.5. The molecule has 0 atom stereocenters. The molecule has 0 saturated heterocycles. The first kappa shape index (κ1) is 20.3. The number of sulfonamides is 1. The van der Waals surface area contributed by atoms with Crippen LogP contribution < -0.4 is 9.46 Å². The van der Waals surface area contributed by atoms with Crippen molar-refractivity contribution in [3.63, 3.8) is 0 Å². The molecule has 2 heterocycles. The van der Waals surface area contributed by atoms with Crippen molar-refractivity contribution in [1.82, 2.24) is 19.5 Å². The molecule has 0 aliphatic carbocycles. The highest BCUT2D eigenvalue weighted by Gasteiger charge is 2.14. The van der Waals surface area contributed by atoms with Gasteiger partial charge in [0.2, 0.25) is 5.88 Å². The van der Waals surface area contributed by atoms with Crippen LogP contribution in [0.4, 0.5) is 5.69 Å². The first-order valence-corrected chi connectivity index (χ1v) is 11.4. The third-order valence-corrected chi connectivity index (χ3v) is 6.27. The summed E-state index contributed by atoms with van der Waals surface area (Å²) in [7, 11) is -3.66. The van der Waals surface area contributed by atoms with Gasteiger partial charge in [-0.25, -0.2) is 23.4 Å². The largest absolute Gasteiger partial charge is 0.439 e. The van der Waals surface area contributed by atoms with Crippen LogP contribution in [-0.2, 0) is 10.0 Å². The van der Waals surface area contributed by atoms with Crippen LogP contribution in [-0.4, -0.2) is 27.9 Å². The molecule has 0 bridgehead atoms. The molecule has 2 aromatic heterocycles. The quantitative estimate of drug-likeness (QED) is 0.374. The van der Waals surface area contributed by atoms with Gasteiger partial charge in [0.05, 0.1) is 4.90 Å². The Kier molecular flexibility index (Phi) is 5.68. The van der Waals surface area contributed by atoms with E-state index in [0.29, 0.717) is 23.1 Å². The van der Waals surface area contributed by atoms with Gasteiger partial charge in [-0.1, -0.05) is 0 Å². The second-order valence-corrected chi connectivity index (χ2v) is 9.17. The molecule has 8 nitrogen and oxygen atoms in total. The summed E-state index contributed by atoms with van der Waals surface area (Å²) < 4.78 is 36.1. The Morgan fingerprint density at radius 1 is 1.00 bits per heavy atom. The Morgan fingerprint density at radius 2 is 1.73 bits per heavy atom. The molecule has 0 fully saturated rings. The monoisotopic (exact) mass is 533 g/mol. The lowest BCUT2D eigenvalue weighted by Gasteiger charge is -2.10. The minimum atomic E-state index is -3.66. The fourth-order valence-corrected chi connectivity index (χ4v) is 4.10. The van der Waals surface area contributed by atoms with Crippen LogP contribution in [0.2, 0.25) is 0 Å². The van der Waals surface area contributed by atoms with Crippen LogP contribution in [0, 0.1) is 10.5 Å². The molecule has 1 N–H and O–H groups in total. The number of anilines is 1. The summed E-state index contributed by atoms with van der Waals surface area (Å²) >= 11 is 2.12. The molecular weight excluding hydrogens is 517 g/mol. The van der Waals surface area contributed by atoms with E-state index >= 15 is 0 Å². The summed E-state index contributed by atoms with van der Waals surface area (Å²) in [4.78, 5) is 12.7. The Balaban J connectivity index is 1.48. The lowest BCUT2D eigenvalue weighted by molar-refractivity contribution is 0.461. The molecule has 4 rings (SSSR count). The summed E-state index contributed by atoms with van der Waals surface area (Å²) in [5.41, 5.74) is 0.429. The normalized spacial score (nSPS) is 11.3. The smallest absolute Gasteiger partial charge is 0.261 e. The zero-order chi connectivity index (χ0) is 21.1. The number of ether oxygens (including phenoxy) is 1. The molecule has 152 valence electrons. The molecule has 0 aliphatic heterocycles. The van der Waals surface area contributed by atoms with Gasteiger partial charge in [-0.15, -0.1) is 0 Å². The number of imidazole rings is 1. The van der Waals surface area contributed by atoms with E-state index in [4.69, 9.17) is 4.74 Å². The van der Waals surface area contributed by atoms with E-state index in [-0.39, 0.29) is 4.90 Å². The number of aromatic nitrogens is 4. The number of hydrogen-bond donors (Lipinski definition) is 1. The van der Waals surface area contributed by atoms with Gasteiger partial charge in [-0.05, 0) is 78.0 Å². The Labute approximate surface area is 187 Å². The minimum Gasteiger partial charge on any atom is -0.439 e. The lowest BCUT2D eigenvalue weighted by atomic mass is 10.3. The van der Waals surface area contributed by atoms with Crippen LogP contribution in [0.15, 0.2) is 78.2 Å². The first-order valence-electron chi connectivity index (χ1n) is 8.79. The van der Waals surface area contributed by atoms with Crippen LogP contribution in [0.5, 0.6) is 11.6 Å². The standard InChI is InChI=1S/C20H16IN5O3S/c1-14-22-10-11-26(14)19-12-20(24-13-23-19)29-17-6-4-16(5-7-17)25-30(27,28)18-8-2-15(21)3-9-18/h2-13,25H,1H3. The summed E-state index contributed by atoms with van der Waals surface area (Å²) in [6, 6.07) is 14.9. The lowest BCUT2D eigenvalue weighted by Crippen LogP contribution is -2.12. The average molecular weight is 533 g/mol. The van der Waals surface area contributed by atoms with Crippen molar-refractivity contribution in [2.45, 2.75) is 11.8 Å². The fourth-order valence-electron chi connectivity index (χ4n) is 2.68. The number of rotatable bonds is 6. The van der Waals surface area contributed by atoms with Crippen molar-refractivity contribution in [1.29, 1.82) is 0 Å². The zero-order valence-corrected chi connectivity index (χ0v) is 18.7. The van der Waals surface area contributed by atoms with Crippen molar-refractivity contribution in [2.75, 3.05) is 4.72 Å². The van der Waals surface area contributed by atoms with Crippen LogP contribution in [0.1, 0.15) is 5.82 Å². The first-order chi connectivity index (χ1) is 14.4. The summed E-state index contributed by atoms with van der Waals surface area (Å²) in [6.45, 7) is 1.87. The van der Waals surface area contributed by atoms with E-state index in [1.54, 1.807) is 67.0 Å². The van der Waals surface area contributed by atoms with E-state index in [9.17, 15) is 8.42 Å². The number of aryl methyl sites for hydroxylation is 1. The van der Waals surface area contributed by atoms with E-state index in [1.165, 1.54) is 6.33 Å². The molecule has 30 heavy (non-hydrogen) atoms. The van der Waals surface area contributed by atoms with Crippen LogP contribution in [0.3, 0.4) is 0 Å². The highest BCUT2D eigenvalue weighted by Crippen LogP contribution is 2.24. The maximum absolute atomic E-state index is 12.5. The molecular formula is C20H16IN5O3S. The van der Waals surface area contributed by atoms with Gasteiger partial charge in [-0.3, -0.25) is 9.29 Å². The SMILES string of the molecule is Cc1nccn1-c1cc(Oc2ccc(NS(=O)(=O)c3ccc(I)cc3)cc2)ncn1. The molecule has 0 aliphatic rings. The van der Waals surface area contributed by atoms with Gasteiger partial charge in [0.1, 0.15) is 23.7 Å². The second-order valence-electron chi connectivity index (χ2n) is 6.24. The molecule has 10 heteroatoms. The highest BCUT2D eigenvalue weighted by atomic mass is 127. The number of halogens is 1. The number of nitrogens with zero attached hydrogens (tertiary/aromatic N) is 4. The molecule has 2 aromatic carbocycles. The van der Waals surface area contributed by atoms with Crippen LogP contribution >= 0.6 is 22.6 Å². The van der Waals surface area contributed by atoms with Crippen molar-refractivity contribution in [3.05, 3.63) is 82.7 Å². The molecule has 0 saturated carbocycles. The van der Waals surface area contributed by atoms with E-state index in [2.05, 4.69) is 42.3 Å². The highest BCUT2D eigenvalue weighted by molar-refractivity contribution is 14.1. The van der Waals surface area contributed by atoms with E-state index in [0.717, 1.165) is 9.39 Å². The summed E-state index contributed by atoms with van der Waals surface area (Å²) in [6.07, 6.45) is 4.90. The van der Waals surface area contributed by atoms with Crippen molar-refractivity contribution >= 4 is 38.3 Å². The third kappa shape index (κ3) is 4.60. The predicted octanol–water partition coefficient (Wildman–Crippen LogP) is 4.17. The second kappa shape index (κ2) is 8.40. The molecule has 0 spiro atoms. The van der Waals surface area contributed by atoms with Crippen LogP contribution in [0.25, 0.3) is 5.82 Å². The van der Waals surface area contributed by atoms with E-state index < -0.39 is 10.0 Å².